The van der Waals surface area contributed by atoms with Gasteiger partial charge in [0.05, 0.1) is 11.7 Å². The number of carboxylic acid groups (broad SMARTS) is 2. The van der Waals surface area contributed by atoms with Crippen molar-refractivity contribution in [3.63, 3.8) is 0 Å². The fourth-order valence-corrected chi connectivity index (χ4v) is 5.51. The van der Waals surface area contributed by atoms with Crippen molar-refractivity contribution in [3.8, 4) is 0 Å². The van der Waals surface area contributed by atoms with E-state index in [1.807, 2.05) is 12.1 Å². The fraction of sp³-hybridized carbons (Fsp3) is 0.609. The number of nitrogens with one attached hydrogen (secondary N) is 2. The highest BCUT2D eigenvalue weighted by atomic mass is 32.2. The Morgan fingerprint density at radius 3 is 2.62 bits per heavy atom. The van der Waals surface area contributed by atoms with Gasteiger partial charge in [0.15, 0.2) is 0 Å². The van der Waals surface area contributed by atoms with Gasteiger partial charge in [-0.1, -0.05) is 37.8 Å². The molecule has 0 radical (unpaired) electrons. The number of carbonyl (C=O) groups is 3. The molecular formula is C23H33N3O5S. The van der Waals surface area contributed by atoms with Crippen molar-refractivity contribution in [2.45, 2.75) is 61.9 Å². The summed E-state index contributed by atoms with van der Waals surface area (Å²) in [5.41, 5.74) is 0.555. The van der Waals surface area contributed by atoms with Crippen molar-refractivity contribution in [2.75, 3.05) is 30.3 Å². The number of carboxylic acids is 2. The number of piperidine rings is 1. The number of hydrogen-bond acceptors (Lipinski definition) is 6. The van der Waals surface area contributed by atoms with E-state index in [1.54, 1.807) is 12.1 Å². The minimum absolute atomic E-state index is 0.353. The highest BCUT2D eigenvalue weighted by Gasteiger charge is 2.34. The summed E-state index contributed by atoms with van der Waals surface area (Å²) in [5.74, 6) is -1.37. The molecule has 0 spiro atoms. The van der Waals surface area contributed by atoms with Gasteiger partial charge in [0, 0.05) is 10.6 Å². The molecule has 4 N–H and O–H groups in total. The van der Waals surface area contributed by atoms with Crippen molar-refractivity contribution in [1.82, 2.24) is 10.6 Å². The van der Waals surface area contributed by atoms with Crippen LogP contribution in [0.3, 0.4) is 0 Å². The zero-order valence-corrected chi connectivity index (χ0v) is 19.1. The number of hydrogen-bond donors (Lipinski definition) is 4. The molecule has 8 nitrogen and oxygen atoms in total. The normalized spacial score (nSPS) is 20.4. The first-order chi connectivity index (χ1) is 15.5. The summed E-state index contributed by atoms with van der Waals surface area (Å²) in [6.45, 7) is 1.72. The Kier molecular flexibility index (Phi) is 9.37. The largest absolute Gasteiger partial charge is 0.480 e. The second-order valence-corrected chi connectivity index (χ2v) is 9.60. The van der Waals surface area contributed by atoms with Crippen LogP contribution in [-0.4, -0.2) is 65.5 Å². The first-order valence-corrected chi connectivity index (χ1v) is 12.4. The topological polar surface area (TPSA) is 119 Å². The van der Waals surface area contributed by atoms with E-state index >= 15 is 0 Å². The zero-order chi connectivity index (χ0) is 22.9. The van der Waals surface area contributed by atoms with E-state index in [0.29, 0.717) is 17.9 Å². The van der Waals surface area contributed by atoms with E-state index < -0.39 is 36.5 Å². The number of fused-ring (bicyclic) bond motifs is 1. The predicted molar refractivity (Wildman–Crippen MR) is 124 cm³/mol. The number of thioether (sulfide) groups is 1. The molecule has 0 aromatic heterocycles. The van der Waals surface area contributed by atoms with Gasteiger partial charge >= 0.3 is 11.9 Å². The lowest BCUT2D eigenvalue weighted by atomic mass is 9.92. The molecule has 2 heterocycles. The lowest BCUT2D eigenvalue weighted by Gasteiger charge is -2.26. The van der Waals surface area contributed by atoms with Crippen LogP contribution in [0.15, 0.2) is 29.2 Å². The molecule has 1 aromatic rings. The molecule has 2 atom stereocenters. The van der Waals surface area contributed by atoms with Crippen LogP contribution in [0.4, 0.5) is 5.69 Å². The number of para-hydroxylation sites is 1. The standard InChI is InChI=1S/C23H33N3O5S/c27-21(28)14-26-19-8-4-5-9-20(19)32-15-18(22(26)29)25-17(23(30)31)7-3-1-2-6-16-10-12-24-13-11-16/h4-5,8-9,16-18,24-25H,1-3,6-7,10-15H2,(H,27,28)(H,30,31)/t17-,18+/m1/s1. The number of nitrogens with zero attached hydrogens (tertiary/aromatic N) is 1. The molecule has 1 saturated heterocycles. The smallest absolute Gasteiger partial charge is 0.323 e. The average Bonchev–Trinajstić information content (AvgIpc) is 2.90. The molecule has 0 saturated carbocycles. The van der Waals surface area contributed by atoms with E-state index in [2.05, 4.69) is 10.6 Å². The highest BCUT2D eigenvalue weighted by molar-refractivity contribution is 7.99. The molecule has 0 bridgehead atoms. The lowest BCUT2D eigenvalue weighted by Crippen LogP contribution is -2.53. The summed E-state index contributed by atoms with van der Waals surface area (Å²) in [6, 6.07) is 5.58. The van der Waals surface area contributed by atoms with E-state index in [0.717, 1.165) is 43.2 Å². The second kappa shape index (κ2) is 12.2. The van der Waals surface area contributed by atoms with Crippen LogP contribution in [0.1, 0.15) is 44.9 Å². The summed E-state index contributed by atoms with van der Waals surface area (Å²) >= 11 is 1.44. The van der Waals surface area contributed by atoms with Gasteiger partial charge in [0.2, 0.25) is 5.91 Å². The van der Waals surface area contributed by atoms with Gasteiger partial charge in [0.1, 0.15) is 12.6 Å². The van der Waals surface area contributed by atoms with Crippen molar-refractivity contribution in [1.29, 1.82) is 0 Å². The molecule has 2 aliphatic heterocycles. The second-order valence-electron chi connectivity index (χ2n) is 8.54. The van der Waals surface area contributed by atoms with Gasteiger partial charge in [-0.25, -0.2) is 0 Å². The van der Waals surface area contributed by atoms with Gasteiger partial charge in [-0.15, -0.1) is 11.8 Å². The summed E-state index contributed by atoms with van der Waals surface area (Å²) in [6.07, 6.45) is 6.92. The highest BCUT2D eigenvalue weighted by Crippen LogP contribution is 2.34. The Hall–Kier alpha value is -2.10. The third-order valence-electron chi connectivity index (χ3n) is 6.18. The maximum Gasteiger partial charge on any atom is 0.323 e. The number of anilines is 1. The molecule has 1 aromatic carbocycles. The van der Waals surface area contributed by atoms with Crippen LogP contribution in [0, 0.1) is 5.92 Å². The van der Waals surface area contributed by atoms with Crippen molar-refractivity contribution in [3.05, 3.63) is 24.3 Å². The summed E-state index contributed by atoms with van der Waals surface area (Å²) in [5, 5.41) is 25.4. The van der Waals surface area contributed by atoms with Crippen molar-refractivity contribution >= 4 is 35.3 Å². The van der Waals surface area contributed by atoms with Crippen molar-refractivity contribution in [2.24, 2.45) is 5.92 Å². The third-order valence-corrected chi connectivity index (χ3v) is 7.34. The van der Waals surface area contributed by atoms with Gasteiger partial charge in [0.25, 0.3) is 0 Å². The third kappa shape index (κ3) is 6.95. The number of amides is 1. The van der Waals surface area contributed by atoms with Gasteiger partial charge in [-0.3, -0.25) is 24.6 Å². The number of aliphatic carboxylic acids is 2. The zero-order valence-electron chi connectivity index (χ0n) is 18.3. The molecule has 32 heavy (non-hydrogen) atoms. The molecule has 1 amide bonds. The molecule has 0 aliphatic carbocycles. The Labute approximate surface area is 193 Å². The van der Waals surface area contributed by atoms with Gasteiger partial charge < -0.3 is 15.5 Å². The van der Waals surface area contributed by atoms with Crippen LogP contribution < -0.4 is 15.5 Å². The lowest BCUT2D eigenvalue weighted by molar-refractivity contribution is -0.140. The first-order valence-electron chi connectivity index (χ1n) is 11.4. The quantitative estimate of drug-likeness (QED) is 0.370. The maximum absolute atomic E-state index is 13.1. The fourth-order valence-electron chi connectivity index (χ4n) is 4.42. The summed E-state index contributed by atoms with van der Waals surface area (Å²) in [7, 11) is 0. The van der Waals surface area contributed by atoms with Crippen molar-refractivity contribution < 1.29 is 24.6 Å². The minimum Gasteiger partial charge on any atom is -0.480 e. The predicted octanol–water partition coefficient (Wildman–Crippen LogP) is 2.57. The SMILES string of the molecule is O=C(O)CN1C(=O)[C@@H](N[C@H](CCCCCC2CCNCC2)C(=O)O)CSc2ccccc21. The average molecular weight is 464 g/mol. The van der Waals surface area contributed by atoms with E-state index in [-0.39, 0.29) is 0 Å². The number of benzene rings is 1. The number of rotatable bonds is 11. The minimum atomic E-state index is -1.11. The monoisotopic (exact) mass is 463 g/mol. The Morgan fingerprint density at radius 2 is 1.91 bits per heavy atom. The Morgan fingerprint density at radius 1 is 1.16 bits per heavy atom. The maximum atomic E-state index is 13.1. The van der Waals surface area contributed by atoms with E-state index in [4.69, 9.17) is 0 Å². The first kappa shape index (κ1) is 24.5. The molecule has 176 valence electrons. The van der Waals surface area contributed by atoms with Crippen LogP contribution in [0.25, 0.3) is 0 Å². The molecule has 2 aliphatic rings. The molecule has 9 heteroatoms. The van der Waals surface area contributed by atoms with Gasteiger partial charge in [-0.2, -0.15) is 0 Å². The van der Waals surface area contributed by atoms with E-state index in [9.17, 15) is 24.6 Å². The van der Waals surface area contributed by atoms with Crippen LogP contribution in [-0.2, 0) is 14.4 Å². The molecule has 0 unspecified atom stereocenters. The summed E-state index contributed by atoms with van der Waals surface area (Å²) < 4.78 is 0. The summed E-state index contributed by atoms with van der Waals surface area (Å²) in [4.78, 5) is 38.4. The van der Waals surface area contributed by atoms with E-state index in [1.165, 1.54) is 35.9 Å². The van der Waals surface area contributed by atoms with Crippen LogP contribution in [0.2, 0.25) is 0 Å². The number of carbonyl (C=O) groups excluding carboxylic acids is 1. The Balaban J connectivity index is 1.55. The van der Waals surface area contributed by atoms with Gasteiger partial charge in [-0.05, 0) is 50.4 Å². The Bertz CT molecular complexity index is 800. The molecule has 1 fully saturated rings. The van der Waals surface area contributed by atoms with Crippen LogP contribution >= 0.6 is 11.8 Å². The molecular weight excluding hydrogens is 430 g/mol. The molecule has 3 rings (SSSR count). The van der Waals surface area contributed by atoms with Crippen LogP contribution in [0.5, 0.6) is 0 Å². The number of unbranched alkanes of at least 4 members (excludes halogenated alkanes) is 2.